The molecule has 1 amide bonds. The van der Waals surface area contributed by atoms with Crippen molar-refractivity contribution >= 4 is 5.91 Å². The summed E-state index contributed by atoms with van der Waals surface area (Å²) in [4.78, 5) is 17.5. The summed E-state index contributed by atoms with van der Waals surface area (Å²) in [5.41, 5.74) is 5.62. The van der Waals surface area contributed by atoms with Crippen molar-refractivity contribution in [3.63, 3.8) is 0 Å². The van der Waals surface area contributed by atoms with E-state index in [4.69, 9.17) is 0 Å². The predicted molar refractivity (Wildman–Crippen MR) is 124 cm³/mol. The lowest BCUT2D eigenvalue weighted by atomic mass is 10.1. The van der Waals surface area contributed by atoms with Crippen LogP contribution in [-0.4, -0.2) is 30.5 Å². The fraction of sp³-hybridized carbons (Fsp3) is 0.280. The molecule has 3 aromatic heterocycles. The van der Waals surface area contributed by atoms with E-state index < -0.39 is 0 Å². The molecule has 1 aromatic carbocycles. The molecule has 0 saturated carbocycles. The predicted octanol–water partition coefficient (Wildman–Crippen LogP) is 4.18. The highest BCUT2D eigenvalue weighted by Crippen LogP contribution is 2.22. The van der Waals surface area contributed by atoms with Crippen LogP contribution in [0.25, 0.3) is 5.82 Å². The minimum absolute atomic E-state index is 0.109. The van der Waals surface area contributed by atoms with Gasteiger partial charge < -0.3 is 5.32 Å². The van der Waals surface area contributed by atoms with E-state index in [1.54, 1.807) is 17.1 Å². The number of aromatic nitrogens is 5. The van der Waals surface area contributed by atoms with Crippen molar-refractivity contribution in [3.05, 3.63) is 94.7 Å². The van der Waals surface area contributed by atoms with Crippen LogP contribution in [0.15, 0.2) is 60.9 Å². The van der Waals surface area contributed by atoms with E-state index in [1.807, 2.05) is 54.9 Å². The number of aryl methyl sites for hydroxylation is 1. The minimum Gasteiger partial charge on any atom is -0.348 e. The van der Waals surface area contributed by atoms with E-state index in [-0.39, 0.29) is 11.8 Å². The Bertz CT molecular complexity index is 1210. The van der Waals surface area contributed by atoms with Crippen molar-refractivity contribution in [2.45, 2.75) is 46.7 Å². The molecule has 3 heterocycles. The van der Waals surface area contributed by atoms with E-state index in [9.17, 15) is 4.79 Å². The van der Waals surface area contributed by atoms with Crippen LogP contribution in [0.5, 0.6) is 0 Å². The van der Waals surface area contributed by atoms with Gasteiger partial charge in [-0.15, -0.1) is 0 Å². The molecule has 0 aliphatic heterocycles. The van der Waals surface area contributed by atoms with Crippen molar-refractivity contribution < 1.29 is 4.79 Å². The number of rotatable bonds is 7. The second kappa shape index (κ2) is 9.18. The van der Waals surface area contributed by atoms with Crippen LogP contribution in [0.2, 0.25) is 0 Å². The first-order valence-corrected chi connectivity index (χ1v) is 10.8. The van der Waals surface area contributed by atoms with Gasteiger partial charge >= 0.3 is 0 Å². The van der Waals surface area contributed by atoms with Gasteiger partial charge in [-0.25, -0.2) is 9.67 Å². The van der Waals surface area contributed by atoms with Crippen molar-refractivity contribution in [2.75, 3.05) is 0 Å². The van der Waals surface area contributed by atoms with Gasteiger partial charge in [0.15, 0.2) is 5.82 Å². The maximum absolute atomic E-state index is 13.1. The monoisotopic (exact) mass is 428 g/mol. The maximum Gasteiger partial charge on any atom is 0.255 e. The average molecular weight is 429 g/mol. The number of hydrogen-bond acceptors (Lipinski definition) is 4. The van der Waals surface area contributed by atoms with Gasteiger partial charge in [0.05, 0.1) is 29.7 Å². The molecular formula is C25H28N6O. The standard InChI is InChI=1S/C25H28N6O/c1-17(2)24-22(15-28-31(24)23-12-8-9-13-26-23)25(32)27-14-21-18(3)29-30(19(21)4)16-20-10-6-5-7-11-20/h5-13,15,17H,14,16H2,1-4H3,(H,27,32). The van der Waals surface area contributed by atoms with E-state index >= 15 is 0 Å². The lowest BCUT2D eigenvalue weighted by Crippen LogP contribution is -2.25. The Morgan fingerprint density at radius 2 is 1.81 bits per heavy atom. The van der Waals surface area contributed by atoms with Crippen LogP contribution in [0.1, 0.15) is 58.3 Å². The number of nitrogens with one attached hydrogen (secondary N) is 1. The smallest absolute Gasteiger partial charge is 0.255 e. The molecule has 0 saturated heterocycles. The first-order chi connectivity index (χ1) is 15.5. The molecule has 7 nitrogen and oxygen atoms in total. The summed E-state index contributed by atoms with van der Waals surface area (Å²) in [5, 5.41) is 12.2. The summed E-state index contributed by atoms with van der Waals surface area (Å²) in [5.74, 6) is 0.659. The van der Waals surface area contributed by atoms with E-state index in [2.05, 4.69) is 46.5 Å². The maximum atomic E-state index is 13.1. The Morgan fingerprint density at radius 3 is 2.50 bits per heavy atom. The fourth-order valence-electron chi connectivity index (χ4n) is 3.91. The number of nitrogens with zero attached hydrogens (tertiary/aromatic N) is 5. The Morgan fingerprint density at radius 1 is 1.06 bits per heavy atom. The van der Waals surface area contributed by atoms with Gasteiger partial charge in [0.25, 0.3) is 5.91 Å². The van der Waals surface area contributed by atoms with Gasteiger partial charge in [0, 0.05) is 24.0 Å². The van der Waals surface area contributed by atoms with Crippen LogP contribution < -0.4 is 5.32 Å². The molecule has 0 radical (unpaired) electrons. The second-order valence-corrected chi connectivity index (χ2v) is 8.17. The molecular weight excluding hydrogens is 400 g/mol. The third-order valence-corrected chi connectivity index (χ3v) is 5.60. The molecule has 0 spiro atoms. The van der Waals surface area contributed by atoms with E-state index in [0.29, 0.717) is 24.5 Å². The van der Waals surface area contributed by atoms with E-state index in [0.717, 1.165) is 22.6 Å². The van der Waals surface area contributed by atoms with Crippen molar-refractivity contribution in [1.82, 2.24) is 29.9 Å². The summed E-state index contributed by atoms with van der Waals surface area (Å²) in [6.07, 6.45) is 3.34. The minimum atomic E-state index is -0.148. The molecule has 7 heteroatoms. The highest BCUT2D eigenvalue weighted by molar-refractivity contribution is 5.95. The second-order valence-electron chi connectivity index (χ2n) is 8.17. The van der Waals surface area contributed by atoms with Crippen LogP contribution in [0.4, 0.5) is 0 Å². The molecule has 0 fully saturated rings. The number of hydrogen-bond donors (Lipinski definition) is 1. The Balaban J connectivity index is 1.53. The first-order valence-electron chi connectivity index (χ1n) is 10.8. The van der Waals surface area contributed by atoms with Crippen molar-refractivity contribution in [1.29, 1.82) is 0 Å². The van der Waals surface area contributed by atoms with E-state index in [1.165, 1.54) is 5.56 Å². The van der Waals surface area contributed by atoms with Gasteiger partial charge in [-0.2, -0.15) is 10.2 Å². The molecule has 0 atom stereocenters. The molecule has 0 aliphatic rings. The molecule has 1 N–H and O–H groups in total. The highest BCUT2D eigenvalue weighted by atomic mass is 16.1. The van der Waals surface area contributed by atoms with Crippen LogP contribution in [0.3, 0.4) is 0 Å². The largest absolute Gasteiger partial charge is 0.348 e. The lowest BCUT2D eigenvalue weighted by Gasteiger charge is -2.12. The topological polar surface area (TPSA) is 77.6 Å². The Kier molecular flexibility index (Phi) is 6.16. The Labute approximate surface area is 188 Å². The average Bonchev–Trinajstić information content (AvgIpc) is 3.35. The van der Waals surface area contributed by atoms with Crippen LogP contribution in [0, 0.1) is 13.8 Å². The summed E-state index contributed by atoms with van der Waals surface area (Å²) >= 11 is 0. The van der Waals surface area contributed by atoms with Crippen LogP contribution in [-0.2, 0) is 13.1 Å². The number of pyridine rings is 1. The van der Waals surface area contributed by atoms with Crippen molar-refractivity contribution in [2.24, 2.45) is 0 Å². The normalized spacial score (nSPS) is 11.2. The zero-order chi connectivity index (χ0) is 22.7. The zero-order valence-electron chi connectivity index (χ0n) is 18.9. The zero-order valence-corrected chi connectivity index (χ0v) is 18.9. The van der Waals surface area contributed by atoms with Crippen molar-refractivity contribution in [3.8, 4) is 5.82 Å². The highest BCUT2D eigenvalue weighted by Gasteiger charge is 2.22. The SMILES string of the molecule is Cc1nn(Cc2ccccc2)c(C)c1CNC(=O)c1cnn(-c2ccccn2)c1C(C)C. The first kappa shape index (κ1) is 21.5. The summed E-state index contributed by atoms with van der Waals surface area (Å²) in [6, 6.07) is 15.9. The van der Waals surface area contributed by atoms with Gasteiger partial charge in [-0.05, 0) is 37.5 Å². The molecule has 4 rings (SSSR count). The summed E-state index contributed by atoms with van der Waals surface area (Å²) < 4.78 is 3.73. The molecule has 4 aromatic rings. The molecule has 0 unspecified atom stereocenters. The molecule has 32 heavy (non-hydrogen) atoms. The number of carbonyl (C=O) groups excluding carboxylic acids is 1. The molecule has 164 valence electrons. The third kappa shape index (κ3) is 4.32. The lowest BCUT2D eigenvalue weighted by molar-refractivity contribution is 0.0949. The third-order valence-electron chi connectivity index (χ3n) is 5.60. The molecule has 0 aliphatic carbocycles. The Hall–Kier alpha value is -3.74. The molecule has 0 bridgehead atoms. The summed E-state index contributed by atoms with van der Waals surface area (Å²) in [7, 11) is 0. The number of benzene rings is 1. The fourth-order valence-corrected chi connectivity index (χ4v) is 3.91. The quantitative estimate of drug-likeness (QED) is 0.479. The van der Waals surface area contributed by atoms with Gasteiger partial charge in [-0.3, -0.25) is 9.48 Å². The summed E-state index contributed by atoms with van der Waals surface area (Å²) in [6.45, 7) is 9.25. The van der Waals surface area contributed by atoms with Gasteiger partial charge in [0.1, 0.15) is 0 Å². The van der Waals surface area contributed by atoms with Gasteiger partial charge in [0.2, 0.25) is 0 Å². The van der Waals surface area contributed by atoms with Crippen LogP contribution >= 0.6 is 0 Å². The number of amides is 1. The van der Waals surface area contributed by atoms with Gasteiger partial charge in [-0.1, -0.05) is 50.2 Å². The number of carbonyl (C=O) groups is 1.